The molecular weight excluding hydrogens is 253 g/mol. The van der Waals surface area contributed by atoms with Gasteiger partial charge in [0.05, 0.1) is 0 Å². The first-order chi connectivity index (χ1) is 2.00. The van der Waals surface area contributed by atoms with Gasteiger partial charge in [0.25, 0.3) is 0 Å². The maximum atomic E-state index is 8.88. The van der Waals surface area contributed by atoms with Gasteiger partial charge in [0.2, 0.25) is 0 Å². The molecular formula is CH12FeLiMnO4PSi. The molecule has 9 heteroatoms. The molecule has 0 aliphatic carbocycles. The van der Waals surface area contributed by atoms with Crippen LogP contribution in [0.3, 0.4) is 0 Å². The Labute approximate surface area is 97.9 Å². The topological polar surface area (TPSA) is 77.8 Å². The maximum absolute atomic E-state index is 8.88. The van der Waals surface area contributed by atoms with Gasteiger partial charge in [-0.1, -0.05) is 7.43 Å². The molecule has 0 saturated carbocycles. The number of hydrogen-bond acceptors (Lipinski definition) is 1. The zero-order chi connectivity index (χ0) is 4.50. The van der Waals surface area contributed by atoms with Crippen molar-refractivity contribution in [3.05, 3.63) is 0 Å². The molecule has 0 saturated heterocycles. The van der Waals surface area contributed by atoms with Crippen LogP contribution >= 0.6 is 7.82 Å². The van der Waals surface area contributed by atoms with Gasteiger partial charge < -0.3 is 14.7 Å². The minimum atomic E-state index is -4.64. The Kier molecular flexibility index (Phi) is 69.4. The molecule has 0 aliphatic rings. The minimum Gasteiger partial charge on any atom is -0.0149 e. The number of phosphoric acid groups is 1. The van der Waals surface area contributed by atoms with Crippen molar-refractivity contribution in [2.24, 2.45) is 0 Å². The monoisotopic (exact) mass is 265 g/mol. The summed E-state index contributed by atoms with van der Waals surface area (Å²) in [7, 11) is -4.64. The van der Waals surface area contributed by atoms with E-state index in [4.69, 9.17) is 19.2 Å². The molecule has 65 valence electrons. The fourth-order valence-electron chi connectivity index (χ4n) is 0. The summed E-state index contributed by atoms with van der Waals surface area (Å²) in [6, 6.07) is 0. The molecule has 0 aromatic carbocycles. The second-order valence-corrected chi connectivity index (χ2v) is 1.54. The van der Waals surface area contributed by atoms with Gasteiger partial charge >= 0.3 is 26.7 Å². The Morgan fingerprint density at radius 2 is 1.10 bits per heavy atom. The molecule has 0 rings (SSSR count). The van der Waals surface area contributed by atoms with E-state index in [1.165, 1.54) is 0 Å². The largest absolute Gasteiger partial charge is 0.0149 e. The van der Waals surface area contributed by atoms with Crippen LogP contribution in [0.15, 0.2) is 0 Å². The Hall–Kier alpha value is 1.96. The molecule has 0 aromatic rings. The van der Waals surface area contributed by atoms with Crippen LogP contribution in [0.1, 0.15) is 7.43 Å². The molecule has 1 radical (unpaired) electrons. The molecule has 0 heterocycles. The fourth-order valence-corrected chi connectivity index (χ4v) is 0. The van der Waals surface area contributed by atoms with Crippen molar-refractivity contribution >= 4 is 37.6 Å². The third-order valence-corrected chi connectivity index (χ3v) is 0. The van der Waals surface area contributed by atoms with Crippen molar-refractivity contribution in [2.75, 3.05) is 0 Å². The smallest absolute Gasteiger partial charge is 0 e. The van der Waals surface area contributed by atoms with E-state index in [9.17, 15) is 0 Å². The first kappa shape index (κ1) is 40.4. The van der Waals surface area contributed by atoms with Crippen molar-refractivity contribution in [3.8, 4) is 0 Å². The van der Waals surface area contributed by atoms with Gasteiger partial charge in [-0.15, -0.1) is 0 Å². The molecule has 0 unspecified atom stereocenters. The summed E-state index contributed by atoms with van der Waals surface area (Å²) in [6.45, 7) is 0. The molecule has 0 atom stereocenters. The van der Waals surface area contributed by atoms with Crippen molar-refractivity contribution in [1.82, 2.24) is 0 Å². The van der Waals surface area contributed by atoms with Gasteiger partial charge in [0, 0.05) is 34.1 Å². The average Bonchev–Trinajstić information content (AvgIpc) is 0.722. The Bertz CT molecular complexity index is 71.4. The van der Waals surface area contributed by atoms with Gasteiger partial charge in [-0.2, -0.15) is 0 Å². The number of hydrogen-bond donors (Lipinski definition) is 3. The molecule has 0 fully saturated rings. The second-order valence-electron chi connectivity index (χ2n) is 0.513. The van der Waals surface area contributed by atoms with E-state index in [1.807, 2.05) is 0 Å². The molecule has 10 heavy (non-hydrogen) atoms. The first-order valence-electron chi connectivity index (χ1n) is 0.783. The summed E-state index contributed by atoms with van der Waals surface area (Å²) < 4.78 is 8.88. The molecule has 4 nitrogen and oxygen atoms in total. The van der Waals surface area contributed by atoms with Gasteiger partial charge in [-0.3, -0.25) is 0 Å². The van der Waals surface area contributed by atoms with Gasteiger partial charge in [-0.05, 0) is 11.0 Å². The van der Waals surface area contributed by atoms with Gasteiger partial charge in [0.15, 0.2) is 0 Å². The van der Waals surface area contributed by atoms with E-state index in [-0.39, 0.29) is 71.4 Å². The standard InChI is InChI=1S/CH4.Fe.Li.Mn.H3O4P.H4Si.H/c;;;;1-5(2,3)4;;/h1H4;;;;(H3,1,2,3,4);1H4;. The van der Waals surface area contributed by atoms with Gasteiger partial charge in [0.1, 0.15) is 0 Å². The van der Waals surface area contributed by atoms with Crippen LogP contribution in [0.2, 0.25) is 0 Å². The summed E-state index contributed by atoms with van der Waals surface area (Å²) in [5.74, 6) is 0. The summed E-state index contributed by atoms with van der Waals surface area (Å²) in [6.07, 6.45) is 0. The summed E-state index contributed by atoms with van der Waals surface area (Å²) in [5, 5.41) is 0. The third-order valence-electron chi connectivity index (χ3n) is 0. The predicted molar refractivity (Wildman–Crippen MR) is 39.5 cm³/mol. The van der Waals surface area contributed by atoms with Crippen LogP contribution in [-0.2, 0) is 38.7 Å². The van der Waals surface area contributed by atoms with Crippen LogP contribution in [0.4, 0.5) is 0 Å². The van der Waals surface area contributed by atoms with E-state index < -0.39 is 7.82 Å². The molecule has 0 bridgehead atoms. The van der Waals surface area contributed by atoms with E-state index >= 15 is 0 Å². The van der Waals surface area contributed by atoms with Crippen molar-refractivity contribution in [1.29, 1.82) is 0 Å². The summed E-state index contributed by atoms with van der Waals surface area (Å²) in [5.41, 5.74) is 0. The number of rotatable bonds is 0. The van der Waals surface area contributed by atoms with Crippen LogP contribution in [-0.4, -0.2) is 44.5 Å². The van der Waals surface area contributed by atoms with Crippen LogP contribution in [0.25, 0.3) is 0 Å². The zero-order valence-corrected chi connectivity index (χ0v) is 6.11. The molecule has 3 N–H and O–H groups in total. The van der Waals surface area contributed by atoms with Crippen LogP contribution < -0.4 is 0 Å². The second kappa shape index (κ2) is 17.2. The summed E-state index contributed by atoms with van der Waals surface area (Å²) in [4.78, 5) is 21.6. The zero-order valence-electron chi connectivity index (χ0n) is 2.93. The Morgan fingerprint density at radius 3 is 1.10 bits per heavy atom. The molecule has 0 aliphatic heterocycles. The molecule has 0 aromatic heterocycles. The van der Waals surface area contributed by atoms with Crippen molar-refractivity contribution < 1.29 is 53.4 Å². The van der Waals surface area contributed by atoms with Crippen molar-refractivity contribution in [3.63, 3.8) is 0 Å². The quantitative estimate of drug-likeness (QED) is 0.337. The van der Waals surface area contributed by atoms with Crippen LogP contribution in [0, 0.1) is 0 Å². The van der Waals surface area contributed by atoms with Gasteiger partial charge in [-0.25, -0.2) is 4.57 Å². The minimum absolute atomic E-state index is 0. The third kappa shape index (κ3) is 208. The first-order valence-corrected chi connectivity index (χ1v) is 2.35. The Balaban J connectivity index is -0.00000000800. The fraction of sp³-hybridized carbons (Fsp3) is 1.00. The SMILES string of the molecule is C.O=P(O)(O)O.[Fe].[LiH].[Mn].[SiH4]. The van der Waals surface area contributed by atoms with Crippen LogP contribution in [0.5, 0.6) is 0 Å². The molecule has 0 amide bonds. The molecule has 0 spiro atoms. The maximum Gasteiger partial charge on any atom is 0 e. The predicted octanol–water partition coefficient (Wildman–Crippen LogP) is -2.40. The van der Waals surface area contributed by atoms with Crippen molar-refractivity contribution in [2.45, 2.75) is 7.43 Å². The van der Waals surface area contributed by atoms with E-state index in [0.29, 0.717) is 0 Å². The Morgan fingerprint density at radius 1 is 1.10 bits per heavy atom. The van der Waals surface area contributed by atoms with E-state index in [2.05, 4.69) is 0 Å². The van der Waals surface area contributed by atoms with E-state index in [1.54, 1.807) is 0 Å². The summed E-state index contributed by atoms with van der Waals surface area (Å²) >= 11 is 0. The average molecular weight is 265 g/mol. The normalized spacial score (nSPS) is 5.90. The van der Waals surface area contributed by atoms with E-state index in [0.717, 1.165) is 0 Å².